The summed E-state index contributed by atoms with van der Waals surface area (Å²) in [4.78, 5) is 11.9. The molecule has 3 nitrogen and oxygen atoms in total. The zero-order valence-electron chi connectivity index (χ0n) is 11.4. The lowest BCUT2D eigenvalue weighted by atomic mass is 9.95. The minimum atomic E-state index is -0.538. The van der Waals surface area contributed by atoms with E-state index in [1.807, 2.05) is 51.1 Å². The van der Waals surface area contributed by atoms with E-state index in [0.29, 0.717) is 6.61 Å². The summed E-state index contributed by atoms with van der Waals surface area (Å²) >= 11 is 0. The third-order valence-corrected chi connectivity index (χ3v) is 3.29. The molecule has 0 aromatic heterocycles. The van der Waals surface area contributed by atoms with E-state index in [0.717, 1.165) is 12.0 Å². The van der Waals surface area contributed by atoms with Gasteiger partial charge in [-0.3, -0.25) is 4.79 Å². The van der Waals surface area contributed by atoms with Crippen LogP contribution in [0.3, 0.4) is 0 Å². The number of hydrogen-bond acceptors (Lipinski definition) is 3. The molecule has 1 aromatic rings. The first-order valence-electron chi connectivity index (χ1n) is 6.51. The van der Waals surface area contributed by atoms with Crippen LogP contribution in [0.25, 0.3) is 0 Å². The van der Waals surface area contributed by atoms with Gasteiger partial charge >= 0.3 is 0 Å². The van der Waals surface area contributed by atoms with Crippen molar-refractivity contribution >= 4 is 5.78 Å². The lowest BCUT2D eigenvalue weighted by Gasteiger charge is -2.22. The van der Waals surface area contributed by atoms with Gasteiger partial charge in [0.2, 0.25) is 0 Å². The van der Waals surface area contributed by atoms with Gasteiger partial charge in [0.15, 0.2) is 5.78 Å². The number of ketones is 1. The summed E-state index contributed by atoms with van der Waals surface area (Å²) in [6, 6.07) is 9.35. The average molecular weight is 249 g/mol. The van der Waals surface area contributed by atoms with Crippen molar-refractivity contribution in [3.63, 3.8) is 0 Å². The van der Waals surface area contributed by atoms with Gasteiger partial charge in [0.1, 0.15) is 0 Å². The Labute approximate surface area is 109 Å². The Morgan fingerprint density at radius 3 is 2.44 bits per heavy atom. The van der Waals surface area contributed by atoms with E-state index in [2.05, 4.69) is 0 Å². The van der Waals surface area contributed by atoms with E-state index in [1.165, 1.54) is 0 Å². The molecule has 0 saturated carbocycles. The number of hydrogen-bond donors (Lipinski definition) is 1. The number of Topliss-reactive ketones (excluding diaryl/α,β-unsaturated/α-hetero) is 1. The van der Waals surface area contributed by atoms with Crippen LogP contribution in [-0.2, 0) is 16.1 Å². The first-order chi connectivity index (χ1) is 8.56. The Kier molecular flexibility index (Phi) is 6.02. The fourth-order valence-corrected chi connectivity index (χ4v) is 1.67. The molecule has 1 aromatic carbocycles. The van der Waals surface area contributed by atoms with Crippen LogP contribution >= 0.6 is 0 Å². The highest BCUT2D eigenvalue weighted by atomic mass is 16.5. The van der Waals surface area contributed by atoms with Gasteiger partial charge in [-0.15, -0.1) is 0 Å². The van der Waals surface area contributed by atoms with Crippen molar-refractivity contribution in [1.82, 2.24) is 0 Å². The molecule has 0 heterocycles. The monoisotopic (exact) mass is 249 g/mol. The summed E-state index contributed by atoms with van der Waals surface area (Å²) in [6.45, 7) is 6.24. The van der Waals surface area contributed by atoms with Gasteiger partial charge < -0.3 is 10.5 Å². The quantitative estimate of drug-likeness (QED) is 0.808. The SMILES string of the molecule is CCC(C)C(=O)[C@H](N)[C@H](C)OCc1ccccc1. The second kappa shape index (κ2) is 7.29. The van der Waals surface area contributed by atoms with E-state index < -0.39 is 6.04 Å². The fraction of sp³-hybridized carbons (Fsp3) is 0.533. The average Bonchev–Trinajstić information content (AvgIpc) is 2.43. The Hall–Kier alpha value is -1.19. The molecule has 0 fully saturated rings. The smallest absolute Gasteiger partial charge is 0.154 e. The molecule has 1 rings (SSSR count). The van der Waals surface area contributed by atoms with Crippen LogP contribution in [0, 0.1) is 5.92 Å². The van der Waals surface area contributed by atoms with Gasteiger partial charge in [-0.2, -0.15) is 0 Å². The van der Waals surface area contributed by atoms with Crippen molar-refractivity contribution in [3.05, 3.63) is 35.9 Å². The van der Waals surface area contributed by atoms with Gasteiger partial charge in [-0.25, -0.2) is 0 Å². The highest BCUT2D eigenvalue weighted by Crippen LogP contribution is 2.10. The van der Waals surface area contributed by atoms with Crippen LogP contribution in [0.1, 0.15) is 32.8 Å². The maximum atomic E-state index is 11.9. The topological polar surface area (TPSA) is 52.3 Å². The summed E-state index contributed by atoms with van der Waals surface area (Å²) in [5, 5.41) is 0. The molecular formula is C15H23NO2. The lowest BCUT2D eigenvalue weighted by molar-refractivity contribution is -0.127. The molecule has 3 heteroatoms. The number of carbonyl (C=O) groups excluding carboxylic acids is 1. The van der Waals surface area contributed by atoms with Gasteiger partial charge in [-0.05, 0) is 18.9 Å². The summed E-state index contributed by atoms with van der Waals surface area (Å²) in [6.07, 6.45) is 0.560. The zero-order chi connectivity index (χ0) is 13.5. The number of ether oxygens (including phenoxy) is 1. The molecule has 0 spiro atoms. The van der Waals surface area contributed by atoms with Crippen molar-refractivity contribution in [3.8, 4) is 0 Å². The van der Waals surface area contributed by atoms with Crippen LogP contribution in [0.15, 0.2) is 30.3 Å². The fourth-order valence-electron chi connectivity index (χ4n) is 1.67. The summed E-state index contributed by atoms with van der Waals surface area (Å²) in [7, 11) is 0. The maximum absolute atomic E-state index is 11.9. The van der Waals surface area contributed by atoms with Gasteiger partial charge in [0.25, 0.3) is 0 Å². The summed E-state index contributed by atoms with van der Waals surface area (Å²) < 4.78 is 5.66. The number of rotatable bonds is 7. The molecule has 0 radical (unpaired) electrons. The van der Waals surface area contributed by atoms with E-state index in [-0.39, 0.29) is 17.8 Å². The normalized spacial score (nSPS) is 16.0. The van der Waals surface area contributed by atoms with Gasteiger partial charge in [0.05, 0.1) is 18.8 Å². The Bertz CT molecular complexity index is 364. The van der Waals surface area contributed by atoms with Gasteiger partial charge in [0, 0.05) is 5.92 Å². The highest BCUT2D eigenvalue weighted by molar-refractivity contribution is 5.86. The standard InChI is InChI=1S/C15H23NO2/c1-4-11(2)15(17)14(16)12(3)18-10-13-8-6-5-7-9-13/h5-9,11-12,14H,4,10,16H2,1-3H3/t11?,12-,14+/m0/s1. The second-order valence-corrected chi connectivity index (χ2v) is 4.74. The van der Waals surface area contributed by atoms with Crippen LogP contribution in [-0.4, -0.2) is 17.9 Å². The van der Waals surface area contributed by atoms with E-state index in [1.54, 1.807) is 0 Å². The first kappa shape index (κ1) is 14.9. The third-order valence-electron chi connectivity index (χ3n) is 3.29. The number of benzene rings is 1. The van der Waals surface area contributed by atoms with Crippen LogP contribution in [0.5, 0.6) is 0 Å². The predicted molar refractivity (Wildman–Crippen MR) is 73.1 cm³/mol. The lowest BCUT2D eigenvalue weighted by Crippen LogP contribution is -2.44. The minimum absolute atomic E-state index is 0.00257. The molecule has 0 amide bonds. The molecule has 3 atom stereocenters. The molecule has 0 saturated heterocycles. The Morgan fingerprint density at radius 2 is 1.89 bits per heavy atom. The Morgan fingerprint density at radius 1 is 1.28 bits per heavy atom. The van der Waals surface area contributed by atoms with E-state index in [9.17, 15) is 4.79 Å². The largest absolute Gasteiger partial charge is 0.372 e. The van der Waals surface area contributed by atoms with E-state index >= 15 is 0 Å². The minimum Gasteiger partial charge on any atom is -0.372 e. The summed E-state index contributed by atoms with van der Waals surface area (Å²) in [5.41, 5.74) is 7.02. The van der Waals surface area contributed by atoms with E-state index in [4.69, 9.17) is 10.5 Å². The van der Waals surface area contributed by atoms with Crippen molar-refractivity contribution in [2.75, 3.05) is 0 Å². The molecule has 2 N–H and O–H groups in total. The van der Waals surface area contributed by atoms with Crippen LogP contribution in [0.2, 0.25) is 0 Å². The maximum Gasteiger partial charge on any atom is 0.154 e. The molecule has 18 heavy (non-hydrogen) atoms. The predicted octanol–water partition coefficient (Wildman–Crippen LogP) is 2.53. The summed E-state index contributed by atoms with van der Waals surface area (Å²) in [5.74, 6) is 0.0841. The van der Waals surface area contributed by atoms with Crippen molar-refractivity contribution in [2.24, 2.45) is 11.7 Å². The van der Waals surface area contributed by atoms with Crippen molar-refractivity contribution in [2.45, 2.75) is 45.9 Å². The van der Waals surface area contributed by atoms with Crippen LogP contribution < -0.4 is 5.73 Å². The molecular weight excluding hydrogens is 226 g/mol. The van der Waals surface area contributed by atoms with Gasteiger partial charge in [-0.1, -0.05) is 44.2 Å². The molecule has 0 aliphatic rings. The van der Waals surface area contributed by atoms with Crippen molar-refractivity contribution < 1.29 is 9.53 Å². The molecule has 0 aliphatic heterocycles. The molecule has 100 valence electrons. The number of nitrogens with two attached hydrogens (primary N) is 1. The molecule has 1 unspecified atom stereocenters. The third kappa shape index (κ3) is 4.24. The Balaban J connectivity index is 2.45. The zero-order valence-corrected chi connectivity index (χ0v) is 11.4. The highest BCUT2D eigenvalue weighted by Gasteiger charge is 2.24. The number of carbonyl (C=O) groups is 1. The van der Waals surface area contributed by atoms with Crippen molar-refractivity contribution in [1.29, 1.82) is 0 Å². The first-order valence-corrected chi connectivity index (χ1v) is 6.51. The molecule has 0 bridgehead atoms. The second-order valence-electron chi connectivity index (χ2n) is 4.74. The molecule has 0 aliphatic carbocycles. The van der Waals surface area contributed by atoms with Crippen LogP contribution in [0.4, 0.5) is 0 Å².